The van der Waals surface area contributed by atoms with Gasteiger partial charge in [0.1, 0.15) is 17.6 Å². The molecule has 2 aliphatic rings. The van der Waals surface area contributed by atoms with Crippen LogP contribution in [0.2, 0.25) is 0 Å². The first-order chi connectivity index (χ1) is 18.3. The Morgan fingerprint density at radius 3 is 2.61 bits per heavy atom. The minimum Gasteiger partial charge on any atom is -0.485 e. The zero-order chi connectivity index (χ0) is 27.0. The summed E-state index contributed by atoms with van der Waals surface area (Å²) < 4.78 is 18.5. The Morgan fingerprint density at radius 2 is 1.89 bits per heavy atom. The van der Waals surface area contributed by atoms with Crippen molar-refractivity contribution in [1.82, 2.24) is 4.57 Å². The van der Waals surface area contributed by atoms with Gasteiger partial charge in [-0.2, -0.15) is 0 Å². The summed E-state index contributed by atoms with van der Waals surface area (Å²) in [5.41, 5.74) is 2.95. The van der Waals surface area contributed by atoms with E-state index in [2.05, 4.69) is 4.99 Å². The lowest BCUT2D eigenvalue weighted by Gasteiger charge is -2.24. The second-order valence-electron chi connectivity index (χ2n) is 8.91. The molecule has 0 saturated heterocycles. The predicted octanol–water partition coefficient (Wildman–Crippen LogP) is 3.54. The van der Waals surface area contributed by atoms with E-state index in [-0.39, 0.29) is 23.8 Å². The van der Waals surface area contributed by atoms with Crippen LogP contribution in [-0.4, -0.2) is 29.2 Å². The number of carbonyl (C=O) groups excluding carboxylic acids is 2. The molecule has 2 aliphatic heterocycles. The fraction of sp³-hybridized carbons (Fsp3) is 0.241. The van der Waals surface area contributed by atoms with Crippen LogP contribution < -0.4 is 24.4 Å². The summed E-state index contributed by atoms with van der Waals surface area (Å²) in [4.78, 5) is 43.3. The number of hydrogen-bond donors (Lipinski definition) is 0. The van der Waals surface area contributed by atoms with Crippen molar-refractivity contribution in [3.8, 4) is 11.5 Å². The van der Waals surface area contributed by atoms with Crippen LogP contribution in [-0.2, 0) is 14.3 Å². The standard InChI is InChI=1S/C29H26N2O6S/c1-5-35-28(34)25-16(2)30-29-31(26(25)19-10-12-22(13-11-19)37-18(4)32)27(33)24(38-29)15-21-14-20-8-6-7-9-23(20)36-17(21)3/h6-15,17,26H,5H2,1-4H3/b24-15+/t17-,26+/m1/s1. The molecular weight excluding hydrogens is 504 g/mol. The Balaban J connectivity index is 1.66. The van der Waals surface area contributed by atoms with Crippen molar-refractivity contribution in [2.45, 2.75) is 39.8 Å². The van der Waals surface area contributed by atoms with Gasteiger partial charge in [0.15, 0.2) is 4.80 Å². The van der Waals surface area contributed by atoms with Gasteiger partial charge in [-0.15, -0.1) is 0 Å². The van der Waals surface area contributed by atoms with E-state index >= 15 is 0 Å². The number of allylic oxidation sites excluding steroid dienone is 1. The highest BCUT2D eigenvalue weighted by atomic mass is 32.1. The molecule has 1 aromatic heterocycles. The van der Waals surface area contributed by atoms with E-state index in [0.717, 1.165) is 16.9 Å². The summed E-state index contributed by atoms with van der Waals surface area (Å²) in [6.45, 7) is 6.91. The molecule has 0 saturated carbocycles. The van der Waals surface area contributed by atoms with Crippen LogP contribution in [0, 0.1) is 0 Å². The van der Waals surface area contributed by atoms with Gasteiger partial charge in [0.05, 0.1) is 28.5 Å². The van der Waals surface area contributed by atoms with Crippen molar-refractivity contribution >= 4 is 35.4 Å². The number of fused-ring (bicyclic) bond motifs is 2. The van der Waals surface area contributed by atoms with E-state index in [4.69, 9.17) is 14.2 Å². The van der Waals surface area contributed by atoms with Crippen molar-refractivity contribution in [2.75, 3.05) is 6.61 Å². The van der Waals surface area contributed by atoms with Gasteiger partial charge in [-0.3, -0.25) is 14.2 Å². The smallest absolute Gasteiger partial charge is 0.338 e. The van der Waals surface area contributed by atoms with Gasteiger partial charge in [0.2, 0.25) is 0 Å². The van der Waals surface area contributed by atoms with Crippen LogP contribution in [0.5, 0.6) is 11.5 Å². The summed E-state index contributed by atoms with van der Waals surface area (Å²) in [5.74, 6) is 0.188. The number of ether oxygens (including phenoxy) is 3. The largest absolute Gasteiger partial charge is 0.485 e. The van der Waals surface area contributed by atoms with Gasteiger partial charge in [-0.1, -0.05) is 41.7 Å². The molecule has 5 rings (SSSR count). The van der Waals surface area contributed by atoms with E-state index in [1.165, 1.54) is 22.8 Å². The third-order valence-electron chi connectivity index (χ3n) is 6.29. The summed E-state index contributed by atoms with van der Waals surface area (Å²) in [5, 5.41) is 0. The Bertz CT molecular complexity index is 1680. The molecule has 0 bridgehead atoms. The first kappa shape index (κ1) is 25.4. The van der Waals surface area contributed by atoms with Crippen LogP contribution >= 0.6 is 11.3 Å². The van der Waals surface area contributed by atoms with E-state index < -0.39 is 18.0 Å². The molecule has 8 nitrogen and oxygen atoms in total. The fourth-order valence-electron chi connectivity index (χ4n) is 4.56. The highest BCUT2D eigenvalue weighted by molar-refractivity contribution is 7.07. The maximum absolute atomic E-state index is 13.8. The second kappa shape index (κ2) is 10.3. The molecule has 0 radical (unpaired) electrons. The number of para-hydroxylation sites is 1. The first-order valence-corrected chi connectivity index (χ1v) is 13.0. The Labute approximate surface area is 222 Å². The molecule has 194 valence electrons. The number of thiazole rings is 1. The number of aromatic nitrogens is 1. The number of hydrogen-bond acceptors (Lipinski definition) is 8. The van der Waals surface area contributed by atoms with Crippen molar-refractivity contribution in [3.05, 3.63) is 96.2 Å². The number of benzene rings is 2. The van der Waals surface area contributed by atoms with Gasteiger partial charge in [0, 0.05) is 12.5 Å². The Kier molecular flexibility index (Phi) is 6.86. The molecule has 3 aromatic rings. The third kappa shape index (κ3) is 4.72. The van der Waals surface area contributed by atoms with Gasteiger partial charge >= 0.3 is 11.9 Å². The van der Waals surface area contributed by atoms with Crippen LogP contribution in [0.15, 0.2) is 75.2 Å². The average Bonchev–Trinajstić information content (AvgIpc) is 3.18. The van der Waals surface area contributed by atoms with Crippen molar-refractivity contribution in [2.24, 2.45) is 4.99 Å². The van der Waals surface area contributed by atoms with Gasteiger partial charge in [-0.05, 0) is 62.3 Å². The molecule has 9 heteroatoms. The van der Waals surface area contributed by atoms with Crippen LogP contribution in [0.1, 0.15) is 44.9 Å². The van der Waals surface area contributed by atoms with Crippen LogP contribution in [0.25, 0.3) is 12.2 Å². The lowest BCUT2D eigenvalue weighted by Crippen LogP contribution is -2.40. The number of carbonyl (C=O) groups is 2. The molecule has 38 heavy (non-hydrogen) atoms. The Morgan fingerprint density at radius 1 is 1.16 bits per heavy atom. The number of rotatable bonds is 5. The van der Waals surface area contributed by atoms with Gasteiger partial charge in [-0.25, -0.2) is 9.79 Å². The molecule has 0 fully saturated rings. The zero-order valence-corrected chi connectivity index (χ0v) is 22.2. The summed E-state index contributed by atoms with van der Waals surface area (Å²) >= 11 is 1.26. The molecular formula is C29H26N2O6S. The summed E-state index contributed by atoms with van der Waals surface area (Å²) in [6, 6.07) is 13.7. The van der Waals surface area contributed by atoms with Gasteiger partial charge in [0.25, 0.3) is 5.56 Å². The highest BCUT2D eigenvalue weighted by Gasteiger charge is 2.33. The normalized spacial score (nSPS) is 18.5. The SMILES string of the molecule is CCOC(=O)C1=C(C)N=c2s/c(=C/C3=Cc4ccccc4O[C@@H]3C)c(=O)n2[C@H]1c1ccc(OC(C)=O)cc1. The van der Waals surface area contributed by atoms with E-state index in [1.54, 1.807) is 38.1 Å². The highest BCUT2D eigenvalue weighted by Crippen LogP contribution is 2.32. The summed E-state index contributed by atoms with van der Waals surface area (Å²) in [6.07, 6.45) is 3.60. The first-order valence-electron chi connectivity index (χ1n) is 12.2. The lowest BCUT2D eigenvalue weighted by atomic mass is 9.96. The van der Waals surface area contributed by atoms with Crippen molar-refractivity contribution in [1.29, 1.82) is 0 Å². The van der Waals surface area contributed by atoms with Gasteiger partial charge < -0.3 is 14.2 Å². The molecule has 0 N–H and O–H groups in total. The zero-order valence-electron chi connectivity index (χ0n) is 21.4. The third-order valence-corrected chi connectivity index (χ3v) is 7.27. The fourth-order valence-corrected chi connectivity index (χ4v) is 5.61. The molecule has 0 aliphatic carbocycles. The topological polar surface area (TPSA) is 96.2 Å². The van der Waals surface area contributed by atoms with Crippen LogP contribution in [0.3, 0.4) is 0 Å². The second-order valence-corrected chi connectivity index (χ2v) is 9.92. The quantitative estimate of drug-likeness (QED) is 0.370. The molecule has 0 spiro atoms. The minimum absolute atomic E-state index is 0.186. The van der Waals surface area contributed by atoms with Crippen LogP contribution in [0.4, 0.5) is 0 Å². The molecule has 3 heterocycles. The maximum atomic E-state index is 13.8. The maximum Gasteiger partial charge on any atom is 0.338 e. The average molecular weight is 531 g/mol. The minimum atomic E-state index is -0.756. The predicted molar refractivity (Wildman–Crippen MR) is 144 cm³/mol. The van der Waals surface area contributed by atoms with E-state index in [9.17, 15) is 14.4 Å². The van der Waals surface area contributed by atoms with Crippen molar-refractivity contribution < 1.29 is 23.8 Å². The van der Waals surface area contributed by atoms with Crippen molar-refractivity contribution in [3.63, 3.8) is 0 Å². The van der Waals surface area contributed by atoms with E-state index in [1.807, 2.05) is 43.3 Å². The monoisotopic (exact) mass is 530 g/mol. The number of esters is 2. The molecule has 2 aromatic carbocycles. The molecule has 2 atom stereocenters. The number of nitrogens with zero attached hydrogens (tertiary/aromatic N) is 2. The molecule has 0 unspecified atom stereocenters. The Hall–Kier alpha value is -4.24. The molecule has 0 amide bonds. The summed E-state index contributed by atoms with van der Waals surface area (Å²) in [7, 11) is 0. The van der Waals surface area contributed by atoms with E-state index in [0.29, 0.717) is 26.3 Å². The lowest BCUT2D eigenvalue weighted by molar-refractivity contribution is -0.139.